The van der Waals surface area contributed by atoms with Crippen molar-refractivity contribution in [2.24, 2.45) is 5.92 Å². The highest BCUT2D eigenvalue weighted by Gasteiger charge is 2.18. The molecule has 1 heterocycles. The summed E-state index contributed by atoms with van der Waals surface area (Å²) in [6.07, 6.45) is 1.20. The molecule has 15 heavy (non-hydrogen) atoms. The molecule has 1 aliphatic heterocycles. The molecule has 1 N–H and O–H groups in total. The van der Waals surface area contributed by atoms with Crippen molar-refractivity contribution < 1.29 is 5.11 Å². The summed E-state index contributed by atoms with van der Waals surface area (Å²) in [6.45, 7) is 4.59. The van der Waals surface area contributed by atoms with E-state index in [0.29, 0.717) is 5.92 Å². The molecule has 0 aromatic heterocycles. The molecular formula is C13H18OS. The standard InChI is InChI=1S/C13H18OS/c1-9(2)12(8-14)11-4-3-10-5-6-15-13(10)7-11/h3-4,7,9,12,14H,5-6,8H2,1-2H3. The van der Waals surface area contributed by atoms with E-state index in [1.54, 1.807) is 0 Å². The summed E-state index contributed by atoms with van der Waals surface area (Å²) >= 11 is 1.94. The third kappa shape index (κ3) is 2.21. The SMILES string of the molecule is CC(C)C(CO)c1ccc2c(c1)SCC2. The van der Waals surface area contributed by atoms with Crippen LogP contribution in [0.15, 0.2) is 23.1 Å². The van der Waals surface area contributed by atoms with Crippen molar-refractivity contribution in [2.45, 2.75) is 31.1 Å². The first-order chi connectivity index (χ1) is 7.22. The van der Waals surface area contributed by atoms with Gasteiger partial charge in [0.1, 0.15) is 0 Å². The van der Waals surface area contributed by atoms with Gasteiger partial charge in [0, 0.05) is 16.6 Å². The van der Waals surface area contributed by atoms with Gasteiger partial charge >= 0.3 is 0 Å². The summed E-state index contributed by atoms with van der Waals surface area (Å²) in [4.78, 5) is 1.42. The fourth-order valence-electron chi connectivity index (χ4n) is 2.11. The van der Waals surface area contributed by atoms with Crippen LogP contribution >= 0.6 is 11.8 Å². The number of aryl methyl sites for hydroxylation is 1. The average molecular weight is 222 g/mol. The van der Waals surface area contributed by atoms with Crippen LogP contribution in [0.5, 0.6) is 0 Å². The molecule has 1 aliphatic rings. The monoisotopic (exact) mass is 222 g/mol. The van der Waals surface area contributed by atoms with Gasteiger partial charge in [0.25, 0.3) is 0 Å². The van der Waals surface area contributed by atoms with Crippen LogP contribution < -0.4 is 0 Å². The van der Waals surface area contributed by atoms with Crippen LogP contribution in [0.3, 0.4) is 0 Å². The highest BCUT2D eigenvalue weighted by atomic mass is 32.2. The van der Waals surface area contributed by atoms with Gasteiger partial charge in [-0.05, 0) is 29.5 Å². The lowest BCUT2D eigenvalue weighted by molar-refractivity contribution is 0.237. The largest absolute Gasteiger partial charge is 0.396 e. The molecule has 1 nitrogen and oxygen atoms in total. The van der Waals surface area contributed by atoms with E-state index in [1.165, 1.54) is 28.2 Å². The Morgan fingerprint density at radius 2 is 2.20 bits per heavy atom. The van der Waals surface area contributed by atoms with Gasteiger partial charge in [0.15, 0.2) is 0 Å². The van der Waals surface area contributed by atoms with E-state index < -0.39 is 0 Å². The number of benzene rings is 1. The molecule has 2 heteroatoms. The van der Waals surface area contributed by atoms with Crippen LogP contribution in [0.2, 0.25) is 0 Å². The molecule has 82 valence electrons. The number of thioether (sulfide) groups is 1. The molecule has 0 saturated heterocycles. The minimum atomic E-state index is 0.251. The first kappa shape index (κ1) is 11.0. The maximum absolute atomic E-state index is 9.39. The Labute approximate surface area is 95.9 Å². The average Bonchev–Trinajstić information content (AvgIpc) is 2.65. The molecule has 0 amide bonds. The first-order valence-corrected chi connectivity index (χ1v) is 6.57. The predicted octanol–water partition coefficient (Wildman–Crippen LogP) is 3.07. The summed E-state index contributed by atoms with van der Waals surface area (Å²) in [5, 5.41) is 9.39. The maximum atomic E-state index is 9.39. The Balaban J connectivity index is 2.28. The van der Waals surface area contributed by atoms with E-state index in [9.17, 15) is 5.11 Å². The molecule has 0 spiro atoms. The van der Waals surface area contributed by atoms with Gasteiger partial charge in [0.2, 0.25) is 0 Å². The Morgan fingerprint density at radius 3 is 2.87 bits per heavy atom. The van der Waals surface area contributed by atoms with Crippen molar-refractivity contribution >= 4 is 11.8 Å². The lowest BCUT2D eigenvalue weighted by Crippen LogP contribution is -2.11. The Kier molecular flexibility index (Phi) is 3.37. The lowest BCUT2D eigenvalue weighted by atomic mass is 9.88. The second-order valence-electron chi connectivity index (χ2n) is 4.50. The van der Waals surface area contributed by atoms with Crippen molar-refractivity contribution in [1.29, 1.82) is 0 Å². The van der Waals surface area contributed by atoms with Gasteiger partial charge in [0.05, 0.1) is 6.61 Å². The number of hydrogen-bond acceptors (Lipinski definition) is 2. The first-order valence-electron chi connectivity index (χ1n) is 5.59. The van der Waals surface area contributed by atoms with E-state index in [2.05, 4.69) is 32.0 Å². The third-order valence-corrected chi connectivity index (χ3v) is 4.25. The van der Waals surface area contributed by atoms with Crippen LogP contribution in [0, 0.1) is 5.92 Å². The summed E-state index contributed by atoms with van der Waals surface area (Å²) in [5.74, 6) is 2.00. The van der Waals surface area contributed by atoms with Gasteiger partial charge in [-0.1, -0.05) is 26.0 Å². The highest BCUT2D eigenvalue weighted by Crippen LogP contribution is 2.35. The van der Waals surface area contributed by atoms with Crippen molar-refractivity contribution in [3.63, 3.8) is 0 Å². The number of fused-ring (bicyclic) bond motifs is 1. The van der Waals surface area contributed by atoms with E-state index in [1.807, 2.05) is 11.8 Å². The Bertz CT molecular complexity index is 346. The van der Waals surface area contributed by atoms with Crippen molar-refractivity contribution in [2.75, 3.05) is 12.4 Å². The van der Waals surface area contributed by atoms with Gasteiger partial charge in [-0.15, -0.1) is 11.8 Å². The zero-order valence-corrected chi connectivity index (χ0v) is 10.2. The highest BCUT2D eigenvalue weighted by molar-refractivity contribution is 7.99. The second-order valence-corrected chi connectivity index (χ2v) is 5.64. The Hall–Kier alpha value is -0.470. The van der Waals surface area contributed by atoms with E-state index in [-0.39, 0.29) is 12.5 Å². The molecule has 1 atom stereocenters. The van der Waals surface area contributed by atoms with Gasteiger partial charge in [-0.25, -0.2) is 0 Å². The minimum absolute atomic E-state index is 0.251. The maximum Gasteiger partial charge on any atom is 0.0502 e. The third-order valence-electron chi connectivity index (χ3n) is 3.15. The molecule has 1 unspecified atom stereocenters. The van der Waals surface area contributed by atoms with Crippen LogP contribution in [-0.2, 0) is 6.42 Å². The summed E-state index contributed by atoms with van der Waals surface area (Å²) in [6, 6.07) is 6.69. The summed E-state index contributed by atoms with van der Waals surface area (Å²) in [5.41, 5.74) is 2.77. The van der Waals surface area contributed by atoms with Crippen LogP contribution in [-0.4, -0.2) is 17.5 Å². The molecule has 0 bridgehead atoms. The fraction of sp³-hybridized carbons (Fsp3) is 0.538. The van der Waals surface area contributed by atoms with Gasteiger partial charge in [-0.2, -0.15) is 0 Å². The lowest BCUT2D eigenvalue weighted by Gasteiger charge is -2.19. The van der Waals surface area contributed by atoms with E-state index in [4.69, 9.17) is 0 Å². The molecular weight excluding hydrogens is 204 g/mol. The van der Waals surface area contributed by atoms with E-state index >= 15 is 0 Å². The van der Waals surface area contributed by atoms with Crippen molar-refractivity contribution in [3.05, 3.63) is 29.3 Å². The summed E-state index contributed by atoms with van der Waals surface area (Å²) < 4.78 is 0. The summed E-state index contributed by atoms with van der Waals surface area (Å²) in [7, 11) is 0. The topological polar surface area (TPSA) is 20.2 Å². The number of rotatable bonds is 3. The zero-order valence-electron chi connectivity index (χ0n) is 9.36. The molecule has 2 rings (SSSR count). The van der Waals surface area contributed by atoms with Gasteiger partial charge < -0.3 is 5.11 Å². The molecule has 0 radical (unpaired) electrons. The molecule has 1 aromatic carbocycles. The second kappa shape index (κ2) is 4.58. The zero-order chi connectivity index (χ0) is 10.8. The van der Waals surface area contributed by atoms with Crippen molar-refractivity contribution in [3.8, 4) is 0 Å². The van der Waals surface area contributed by atoms with Crippen LogP contribution in [0.25, 0.3) is 0 Å². The normalized spacial score (nSPS) is 16.8. The Morgan fingerprint density at radius 1 is 1.40 bits per heavy atom. The number of hydrogen-bond donors (Lipinski definition) is 1. The van der Waals surface area contributed by atoms with Crippen molar-refractivity contribution in [1.82, 2.24) is 0 Å². The molecule has 1 aromatic rings. The number of aliphatic hydroxyl groups excluding tert-OH is 1. The smallest absolute Gasteiger partial charge is 0.0502 e. The molecule has 0 saturated carbocycles. The quantitative estimate of drug-likeness (QED) is 0.848. The number of aliphatic hydroxyl groups is 1. The molecule has 0 fully saturated rings. The van der Waals surface area contributed by atoms with E-state index in [0.717, 1.165) is 0 Å². The van der Waals surface area contributed by atoms with Crippen LogP contribution in [0.1, 0.15) is 30.9 Å². The minimum Gasteiger partial charge on any atom is -0.396 e. The fourth-order valence-corrected chi connectivity index (χ4v) is 3.23. The molecule has 0 aliphatic carbocycles. The van der Waals surface area contributed by atoms with Crippen LogP contribution in [0.4, 0.5) is 0 Å². The predicted molar refractivity (Wildman–Crippen MR) is 65.5 cm³/mol. The van der Waals surface area contributed by atoms with Gasteiger partial charge in [-0.3, -0.25) is 0 Å².